The monoisotopic (exact) mass is 344 g/mol. The molecule has 0 radical (unpaired) electrons. The van der Waals surface area contributed by atoms with E-state index in [1.807, 2.05) is 42.2 Å². The summed E-state index contributed by atoms with van der Waals surface area (Å²) in [6.07, 6.45) is 3.74. The third-order valence-corrected chi connectivity index (χ3v) is 5.27. The molecule has 0 aromatic heterocycles. The molecule has 2 amide bonds. The van der Waals surface area contributed by atoms with Gasteiger partial charge in [0.15, 0.2) is 0 Å². The van der Waals surface area contributed by atoms with Crippen LogP contribution in [0.4, 0.5) is 0 Å². The molecule has 0 spiro atoms. The smallest absolute Gasteiger partial charge is 0.225 e. The van der Waals surface area contributed by atoms with Crippen LogP contribution in [0.2, 0.25) is 0 Å². The predicted molar refractivity (Wildman–Crippen MR) is 95.8 cm³/mol. The second kappa shape index (κ2) is 7.56. The average molecular weight is 344 g/mol. The van der Waals surface area contributed by atoms with Gasteiger partial charge in [-0.05, 0) is 38.2 Å². The normalized spacial score (nSPS) is 23.0. The van der Waals surface area contributed by atoms with Crippen molar-refractivity contribution in [2.24, 2.45) is 11.8 Å². The van der Waals surface area contributed by atoms with Crippen LogP contribution in [-0.2, 0) is 19.9 Å². The van der Waals surface area contributed by atoms with E-state index in [1.54, 1.807) is 7.11 Å². The Kier molecular flexibility index (Phi) is 5.42. The molecule has 25 heavy (non-hydrogen) atoms. The van der Waals surface area contributed by atoms with E-state index >= 15 is 0 Å². The lowest BCUT2D eigenvalue weighted by Crippen LogP contribution is -2.52. The van der Waals surface area contributed by atoms with Gasteiger partial charge in [0.2, 0.25) is 11.8 Å². The van der Waals surface area contributed by atoms with Crippen LogP contribution in [0, 0.1) is 11.8 Å². The number of nitrogens with one attached hydrogen (secondary N) is 1. The minimum atomic E-state index is -0.574. The van der Waals surface area contributed by atoms with Gasteiger partial charge in [-0.15, -0.1) is 0 Å². The van der Waals surface area contributed by atoms with E-state index in [0.29, 0.717) is 13.2 Å². The molecule has 1 saturated carbocycles. The SMILES string of the molecule is COC[C@@](C)(NC(=O)[C@H]1CCCN(C(=O)C2CC2)C1)c1ccccc1. The number of hydrogen-bond acceptors (Lipinski definition) is 3. The highest BCUT2D eigenvalue weighted by Gasteiger charge is 2.38. The Balaban J connectivity index is 1.67. The number of rotatable bonds is 6. The molecule has 136 valence electrons. The van der Waals surface area contributed by atoms with E-state index in [4.69, 9.17) is 4.74 Å². The van der Waals surface area contributed by atoms with E-state index in [0.717, 1.165) is 37.8 Å². The molecule has 1 aromatic rings. The molecule has 3 rings (SSSR count). The van der Waals surface area contributed by atoms with Gasteiger partial charge in [0, 0.05) is 26.1 Å². The Morgan fingerprint density at radius 1 is 1.20 bits per heavy atom. The van der Waals surface area contributed by atoms with Gasteiger partial charge in [0.05, 0.1) is 18.1 Å². The van der Waals surface area contributed by atoms with Gasteiger partial charge in [-0.25, -0.2) is 0 Å². The van der Waals surface area contributed by atoms with Crippen LogP contribution in [0.1, 0.15) is 38.2 Å². The summed E-state index contributed by atoms with van der Waals surface area (Å²) in [6, 6.07) is 9.89. The van der Waals surface area contributed by atoms with Gasteiger partial charge in [-0.1, -0.05) is 30.3 Å². The lowest BCUT2D eigenvalue weighted by atomic mass is 9.90. The van der Waals surface area contributed by atoms with Crippen LogP contribution in [0.3, 0.4) is 0 Å². The van der Waals surface area contributed by atoms with E-state index < -0.39 is 5.54 Å². The van der Waals surface area contributed by atoms with E-state index in [-0.39, 0.29) is 23.7 Å². The molecule has 2 atom stereocenters. The minimum absolute atomic E-state index is 0.0108. The van der Waals surface area contributed by atoms with Crippen LogP contribution >= 0.6 is 0 Å². The highest BCUT2D eigenvalue weighted by Crippen LogP contribution is 2.32. The minimum Gasteiger partial charge on any atom is -0.382 e. The Labute approximate surface area is 149 Å². The Bertz CT molecular complexity index is 615. The first-order chi connectivity index (χ1) is 12.0. The fourth-order valence-corrected chi connectivity index (χ4v) is 3.64. The summed E-state index contributed by atoms with van der Waals surface area (Å²) in [5, 5.41) is 3.18. The molecule has 2 aliphatic rings. The van der Waals surface area contributed by atoms with Gasteiger partial charge >= 0.3 is 0 Å². The Morgan fingerprint density at radius 3 is 2.56 bits per heavy atom. The molecule has 1 aliphatic carbocycles. The van der Waals surface area contributed by atoms with Gasteiger partial charge in [-0.2, -0.15) is 0 Å². The number of methoxy groups -OCH3 is 1. The standard InChI is InChI=1S/C20H28N2O3/c1-20(14-25-2,17-8-4-3-5-9-17)21-18(23)16-7-6-12-22(13-16)19(24)15-10-11-15/h3-5,8-9,15-16H,6-7,10-14H2,1-2H3,(H,21,23)/t16-,20+/m0/s1. The van der Waals surface area contributed by atoms with Crippen molar-refractivity contribution in [2.45, 2.75) is 38.1 Å². The van der Waals surface area contributed by atoms with Crippen LogP contribution in [0.5, 0.6) is 0 Å². The van der Waals surface area contributed by atoms with Crippen molar-refractivity contribution < 1.29 is 14.3 Å². The molecular formula is C20H28N2O3. The van der Waals surface area contributed by atoms with Crippen LogP contribution < -0.4 is 5.32 Å². The number of benzene rings is 1. The zero-order chi connectivity index (χ0) is 17.9. The molecule has 2 fully saturated rings. The predicted octanol–water partition coefficient (Wildman–Crippen LogP) is 2.31. The van der Waals surface area contributed by atoms with Crippen LogP contribution in [0.25, 0.3) is 0 Å². The second-order valence-corrected chi connectivity index (χ2v) is 7.52. The summed E-state index contributed by atoms with van der Waals surface area (Å²) in [6.45, 7) is 3.71. The van der Waals surface area contributed by atoms with Crippen molar-refractivity contribution >= 4 is 11.8 Å². The summed E-state index contributed by atoms with van der Waals surface area (Å²) in [5.41, 5.74) is 0.447. The summed E-state index contributed by atoms with van der Waals surface area (Å²) in [5.74, 6) is 0.318. The highest BCUT2D eigenvalue weighted by molar-refractivity contribution is 5.84. The highest BCUT2D eigenvalue weighted by atomic mass is 16.5. The molecule has 1 aliphatic heterocycles. The number of nitrogens with zero attached hydrogens (tertiary/aromatic N) is 1. The Morgan fingerprint density at radius 2 is 1.92 bits per heavy atom. The van der Waals surface area contributed by atoms with Crippen molar-refractivity contribution in [3.8, 4) is 0 Å². The summed E-state index contributed by atoms with van der Waals surface area (Å²) >= 11 is 0. The first-order valence-corrected chi connectivity index (χ1v) is 9.19. The largest absolute Gasteiger partial charge is 0.382 e. The molecule has 0 unspecified atom stereocenters. The van der Waals surface area contributed by atoms with Crippen molar-refractivity contribution in [1.82, 2.24) is 10.2 Å². The zero-order valence-electron chi connectivity index (χ0n) is 15.2. The van der Waals surface area contributed by atoms with E-state index in [2.05, 4.69) is 5.32 Å². The third-order valence-electron chi connectivity index (χ3n) is 5.27. The van der Waals surface area contributed by atoms with E-state index in [1.165, 1.54) is 0 Å². The molecule has 1 saturated heterocycles. The van der Waals surface area contributed by atoms with Gasteiger partial charge < -0.3 is 15.0 Å². The lowest BCUT2D eigenvalue weighted by Gasteiger charge is -2.36. The molecule has 1 heterocycles. The summed E-state index contributed by atoms with van der Waals surface area (Å²) in [7, 11) is 1.64. The molecule has 0 bridgehead atoms. The average Bonchev–Trinajstić information content (AvgIpc) is 3.47. The van der Waals surface area contributed by atoms with Crippen molar-refractivity contribution in [3.05, 3.63) is 35.9 Å². The molecule has 1 N–H and O–H groups in total. The van der Waals surface area contributed by atoms with Crippen molar-refractivity contribution in [3.63, 3.8) is 0 Å². The first-order valence-electron chi connectivity index (χ1n) is 9.19. The zero-order valence-corrected chi connectivity index (χ0v) is 15.2. The van der Waals surface area contributed by atoms with Gasteiger partial charge in [0.25, 0.3) is 0 Å². The molecule has 1 aromatic carbocycles. The van der Waals surface area contributed by atoms with Gasteiger partial charge in [-0.3, -0.25) is 9.59 Å². The number of carbonyl (C=O) groups is 2. The second-order valence-electron chi connectivity index (χ2n) is 7.52. The van der Waals surface area contributed by atoms with Crippen molar-refractivity contribution in [1.29, 1.82) is 0 Å². The maximum Gasteiger partial charge on any atom is 0.225 e. The number of likely N-dealkylation sites (tertiary alicyclic amines) is 1. The number of piperidine rings is 1. The summed E-state index contributed by atoms with van der Waals surface area (Å²) in [4.78, 5) is 27.1. The maximum absolute atomic E-state index is 12.9. The first kappa shape index (κ1) is 17.9. The fraction of sp³-hybridized carbons (Fsp3) is 0.600. The molecule has 5 heteroatoms. The topological polar surface area (TPSA) is 58.6 Å². The number of carbonyl (C=O) groups excluding carboxylic acids is 2. The number of ether oxygens (including phenoxy) is 1. The van der Waals surface area contributed by atoms with Crippen LogP contribution in [0.15, 0.2) is 30.3 Å². The molecule has 5 nitrogen and oxygen atoms in total. The number of hydrogen-bond donors (Lipinski definition) is 1. The fourth-order valence-electron chi connectivity index (χ4n) is 3.64. The molecular weight excluding hydrogens is 316 g/mol. The van der Waals surface area contributed by atoms with E-state index in [9.17, 15) is 9.59 Å². The summed E-state index contributed by atoms with van der Waals surface area (Å²) < 4.78 is 5.37. The third kappa shape index (κ3) is 4.21. The maximum atomic E-state index is 12.9. The van der Waals surface area contributed by atoms with Gasteiger partial charge in [0.1, 0.15) is 0 Å². The van der Waals surface area contributed by atoms with Crippen molar-refractivity contribution in [2.75, 3.05) is 26.8 Å². The van der Waals surface area contributed by atoms with Crippen LogP contribution in [-0.4, -0.2) is 43.5 Å². The quantitative estimate of drug-likeness (QED) is 0.861. The lowest BCUT2D eigenvalue weighted by molar-refractivity contribution is -0.137. The Hall–Kier alpha value is -1.88. The number of amides is 2.